The number of carboxylic acids is 1. The van der Waals surface area contributed by atoms with E-state index in [9.17, 15) is 27.6 Å². The van der Waals surface area contributed by atoms with E-state index in [1.165, 1.54) is 0 Å². The summed E-state index contributed by atoms with van der Waals surface area (Å²) in [4.78, 5) is 32.9. The SMILES string of the molecule is CCCN(CC(F)(F)F)C(=O)NC(=O)C=CC(=O)O. The molecule has 0 aromatic rings. The van der Waals surface area contributed by atoms with E-state index < -0.39 is 30.6 Å². The van der Waals surface area contributed by atoms with E-state index in [0.717, 1.165) is 0 Å². The highest BCUT2D eigenvalue weighted by molar-refractivity contribution is 6.02. The number of imide groups is 1. The number of nitrogens with zero attached hydrogens (tertiary/aromatic N) is 1. The van der Waals surface area contributed by atoms with Gasteiger partial charge in [-0.15, -0.1) is 0 Å². The molecule has 0 aliphatic heterocycles. The van der Waals surface area contributed by atoms with Gasteiger partial charge in [-0.3, -0.25) is 10.1 Å². The predicted octanol–water partition coefficient (Wildman–Crippen LogP) is 1.14. The van der Waals surface area contributed by atoms with E-state index in [1.54, 1.807) is 12.2 Å². The van der Waals surface area contributed by atoms with Crippen LogP contribution in [0.4, 0.5) is 18.0 Å². The minimum atomic E-state index is -4.58. The molecule has 0 spiro atoms. The molecule has 0 aromatic heterocycles. The van der Waals surface area contributed by atoms with Crippen LogP contribution in [0.15, 0.2) is 12.2 Å². The van der Waals surface area contributed by atoms with Gasteiger partial charge in [-0.1, -0.05) is 6.92 Å². The summed E-state index contributed by atoms with van der Waals surface area (Å²) in [7, 11) is 0. The normalized spacial score (nSPS) is 11.4. The van der Waals surface area contributed by atoms with Crippen LogP contribution in [0, 0.1) is 0 Å². The largest absolute Gasteiger partial charge is 0.478 e. The molecule has 0 aromatic carbocycles. The van der Waals surface area contributed by atoms with Crippen LogP contribution >= 0.6 is 0 Å². The van der Waals surface area contributed by atoms with E-state index in [1.807, 2.05) is 0 Å². The third-order valence-corrected chi connectivity index (χ3v) is 1.76. The van der Waals surface area contributed by atoms with Crippen LogP contribution in [-0.2, 0) is 9.59 Å². The van der Waals surface area contributed by atoms with E-state index >= 15 is 0 Å². The second kappa shape index (κ2) is 7.39. The zero-order valence-corrected chi connectivity index (χ0v) is 10.0. The number of hydrogen-bond donors (Lipinski definition) is 2. The van der Waals surface area contributed by atoms with Crippen LogP contribution in [0.3, 0.4) is 0 Å². The van der Waals surface area contributed by atoms with E-state index in [-0.39, 0.29) is 13.0 Å². The highest BCUT2D eigenvalue weighted by Crippen LogP contribution is 2.16. The maximum atomic E-state index is 12.2. The first-order chi connectivity index (χ1) is 8.65. The van der Waals surface area contributed by atoms with Crippen molar-refractivity contribution < 1.29 is 32.7 Å². The van der Waals surface area contributed by atoms with E-state index in [0.29, 0.717) is 17.1 Å². The zero-order chi connectivity index (χ0) is 15.1. The molecule has 2 N–H and O–H groups in total. The molecule has 0 radical (unpaired) electrons. The predicted molar refractivity (Wildman–Crippen MR) is 58.2 cm³/mol. The standard InChI is InChI=1S/C10H13F3N2O4/c1-2-5-15(6-10(11,12)13)9(19)14-7(16)3-4-8(17)18/h3-4H,2,5-6H2,1H3,(H,17,18)(H,14,16,19). The van der Waals surface area contributed by atoms with Crippen molar-refractivity contribution in [3.63, 3.8) is 0 Å². The molecule has 6 nitrogen and oxygen atoms in total. The van der Waals surface area contributed by atoms with Crippen LogP contribution in [0.25, 0.3) is 0 Å². The molecule has 0 saturated carbocycles. The maximum absolute atomic E-state index is 12.2. The van der Waals surface area contributed by atoms with Gasteiger partial charge < -0.3 is 10.0 Å². The second-order valence-electron chi connectivity index (χ2n) is 3.50. The number of carbonyl (C=O) groups is 3. The van der Waals surface area contributed by atoms with Gasteiger partial charge in [0.05, 0.1) is 0 Å². The third kappa shape index (κ3) is 8.63. The Morgan fingerprint density at radius 3 is 2.26 bits per heavy atom. The fourth-order valence-corrected chi connectivity index (χ4v) is 1.11. The topological polar surface area (TPSA) is 86.7 Å². The number of hydrogen-bond acceptors (Lipinski definition) is 3. The molecule has 9 heteroatoms. The van der Waals surface area contributed by atoms with Crippen molar-refractivity contribution in [2.24, 2.45) is 0 Å². The molecule has 0 aliphatic rings. The molecular formula is C10H13F3N2O4. The summed E-state index contributed by atoms with van der Waals surface area (Å²) in [5.74, 6) is -2.51. The van der Waals surface area contributed by atoms with Gasteiger partial charge in [0, 0.05) is 18.7 Å². The molecule has 0 aliphatic carbocycles. The fourth-order valence-electron chi connectivity index (χ4n) is 1.11. The lowest BCUT2D eigenvalue weighted by Crippen LogP contribution is -2.46. The number of rotatable bonds is 5. The smallest absolute Gasteiger partial charge is 0.406 e. The second-order valence-corrected chi connectivity index (χ2v) is 3.50. The molecule has 0 rings (SSSR count). The highest BCUT2D eigenvalue weighted by atomic mass is 19.4. The maximum Gasteiger partial charge on any atom is 0.406 e. The van der Waals surface area contributed by atoms with Crippen molar-refractivity contribution >= 4 is 17.9 Å². The molecular weight excluding hydrogens is 269 g/mol. The summed E-state index contributed by atoms with van der Waals surface area (Å²) in [6, 6.07) is -1.22. The van der Waals surface area contributed by atoms with Crippen molar-refractivity contribution in [1.82, 2.24) is 10.2 Å². The monoisotopic (exact) mass is 282 g/mol. The van der Waals surface area contributed by atoms with Crippen molar-refractivity contribution in [3.05, 3.63) is 12.2 Å². The van der Waals surface area contributed by atoms with Crippen molar-refractivity contribution in [1.29, 1.82) is 0 Å². The summed E-state index contributed by atoms with van der Waals surface area (Å²) in [6.45, 7) is -0.0906. The molecule has 108 valence electrons. The molecule has 0 heterocycles. The van der Waals surface area contributed by atoms with Gasteiger partial charge in [-0.25, -0.2) is 9.59 Å². The Labute approximate surface area is 106 Å². The van der Waals surface area contributed by atoms with E-state index in [2.05, 4.69) is 0 Å². The van der Waals surface area contributed by atoms with Crippen LogP contribution in [0.1, 0.15) is 13.3 Å². The summed E-state index contributed by atoms with van der Waals surface area (Å²) in [5.41, 5.74) is 0. The quantitative estimate of drug-likeness (QED) is 0.740. The Morgan fingerprint density at radius 2 is 1.84 bits per heavy atom. The first-order valence-electron chi connectivity index (χ1n) is 5.23. The Hall–Kier alpha value is -2.06. The summed E-state index contributed by atoms with van der Waals surface area (Å²) < 4.78 is 36.5. The number of carbonyl (C=O) groups excluding carboxylic acids is 2. The number of alkyl halides is 3. The van der Waals surface area contributed by atoms with Crippen LogP contribution in [-0.4, -0.2) is 47.2 Å². The fraction of sp³-hybridized carbons (Fsp3) is 0.500. The Bertz CT molecular complexity index is 379. The van der Waals surface area contributed by atoms with E-state index in [4.69, 9.17) is 5.11 Å². The van der Waals surface area contributed by atoms with Gasteiger partial charge in [0.15, 0.2) is 0 Å². The van der Waals surface area contributed by atoms with Gasteiger partial charge in [0.1, 0.15) is 6.54 Å². The van der Waals surface area contributed by atoms with Gasteiger partial charge in [0.25, 0.3) is 5.91 Å². The Morgan fingerprint density at radius 1 is 1.26 bits per heavy atom. The average Bonchev–Trinajstić information content (AvgIpc) is 2.24. The molecule has 0 fully saturated rings. The molecule has 0 bridgehead atoms. The van der Waals surface area contributed by atoms with Crippen LogP contribution in [0.5, 0.6) is 0 Å². The van der Waals surface area contributed by atoms with Crippen molar-refractivity contribution in [3.8, 4) is 0 Å². The number of aliphatic carboxylic acids is 1. The van der Waals surface area contributed by atoms with Crippen molar-refractivity contribution in [2.75, 3.05) is 13.1 Å². The number of urea groups is 1. The van der Waals surface area contributed by atoms with Gasteiger partial charge >= 0.3 is 18.2 Å². The Balaban J connectivity index is 4.56. The molecule has 0 atom stereocenters. The molecule has 0 unspecified atom stereocenters. The molecule has 3 amide bonds. The van der Waals surface area contributed by atoms with Gasteiger partial charge in [-0.05, 0) is 6.42 Å². The number of nitrogens with one attached hydrogen (secondary N) is 1. The first-order valence-corrected chi connectivity index (χ1v) is 5.23. The average molecular weight is 282 g/mol. The number of carboxylic acid groups (broad SMARTS) is 1. The number of halogens is 3. The lowest BCUT2D eigenvalue weighted by molar-refractivity contribution is -0.140. The lowest BCUT2D eigenvalue weighted by atomic mass is 10.4. The highest BCUT2D eigenvalue weighted by Gasteiger charge is 2.32. The van der Waals surface area contributed by atoms with Gasteiger partial charge in [0.2, 0.25) is 0 Å². The summed E-state index contributed by atoms with van der Waals surface area (Å²) in [5, 5.41) is 9.87. The van der Waals surface area contributed by atoms with Crippen molar-refractivity contribution in [2.45, 2.75) is 19.5 Å². The van der Waals surface area contributed by atoms with Crippen LogP contribution in [0.2, 0.25) is 0 Å². The first kappa shape index (κ1) is 16.9. The minimum Gasteiger partial charge on any atom is -0.478 e. The third-order valence-electron chi connectivity index (χ3n) is 1.76. The zero-order valence-electron chi connectivity index (χ0n) is 10.0. The number of amides is 3. The molecule has 19 heavy (non-hydrogen) atoms. The van der Waals surface area contributed by atoms with Gasteiger partial charge in [-0.2, -0.15) is 13.2 Å². The minimum absolute atomic E-state index is 0.179. The lowest BCUT2D eigenvalue weighted by Gasteiger charge is -2.22. The van der Waals surface area contributed by atoms with Crippen LogP contribution < -0.4 is 5.32 Å². The Kier molecular flexibility index (Phi) is 6.59. The molecule has 0 saturated heterocycles. The summed E-state index contributed by atoms with van der Waals surface area (Å²) in [6.07, 6.45) is -3.29. The summed E-state index contributed by atoms with van der Waals surface area (Å²) >= 11 is 0.